The van der Waals surface area contributed by atoms with Crippen molar-refractivity contribution < 1.29 is 14.4 Å². The van der Waals surface area contributed by atoms with Gasteiger partial charge in [0.05, 0.1) is 0 Å². The molecule has 0 aromatic rings. The second-order valence-electron chi connectivity index (χ2n) is 4.01. The fourth-order valence-electron chi connectivity index (χ4n) is 2.16. The highest BCUT2D eigenvalue weighted by Crippen LogP contribution is 2.29. The van der Waals surface area contributed by atoms with Crippen LogP contribution in [-0.4, -0.2) is 28.8 Å². The van der Waals surface area contributed by atoms with E-state index >= 15 is 0 Å². The molecule has 0 radical (unpaired) electrons. The van der Waals surface area contributed by atoms with Crippen molar-refractivity contribution >= 4 is 17.8 Å². The Labute approximate surface area is 81.4 Å². The Bertz CT molecular complexity index is 313. The maximum Gasteiger partial charge on any atom is 0.331 e. The number of carbonyl (C=O) groups excluding carboxylic acids is 3. The van der Waals surface area contributed by atoms with Crippen molar-refractivity contribution in [2.24, 2.45) is 5.92 Å². The first-order valence-corrected chi connectivity index (χ1v) is 4.78. The number of hydrogen-bond acceptors (Lipinski definition) is 3. The van der Waals surface area contributed by atoms with Gasteiger partial charge in [-0.1, -0.05) is 6.92 Å². The van der Waals surface area contributed by atoms with Crippen molar-refractivity contribution in [2.45, 2.75) is 32.2 Å². The summed E-state index contributed by atoms with van der Waals surface area (Å²) in [5.41, 5.74) is 0. The number of nitrogens with zero attached hydrogens (tertiary/aromatic N) is 1. The predicted octanol–water partition coefficient (Wildman–Crippen LogP) is 0.253. The lowest BCUT2D eigenvalue weighted by atomic mass is 10.1. The number of amides is 4. The highest BCUT2D eigenvalue weighted by molar-refractivity contribution is 6.44. The minimum atomic E-state index is -0.797. The Morgan fingerprint density at radius 2 is 2.00 bits per heavy atom. The molecule has 1 aliphatic heterocycles. The summed E-state index contributed by atoms with van der Waals surface area (Å²) in [4.78, 5) is 34.5. The van der Waals surface area contributed by atoms with E-state index in [4.69, 9.17) is 0 Å². The molecule has 5 heteroatoms. The minimum absolute atomic E-state index is 0.0797. The molecule has 2 rings (SSSR count). The summed E-state index contributed by atoms with van der Waals surface area (Å²) in [6.07, 6.45) is 2.63. The second-order valence-corrected chi connectivity index (χ2v) is 4.01. The average Bonchev–Trinajstić information content (AvgIpc) is 2.60. The normalized spacial score (nSPS) is 32.6. The topological polar surface area (TPSA) is 66.5 Å². The molecule has 1 aliphatic carbocycles. The molecule has 1 saturated carbocycles. The summed E-state index contributed by atoms with van der Waals surface area (Å²) in [5, 5.41) is 2.01. The molecule has 1 N–H and O–H groups in total. The van der Waals surface area contributed by atoms with Crippen LogP contribution in [-0.2, 0) is 9.59 Å². The van der Waals surface area contributed by atoms with Crippen LogP contribution in [0.15, 0.2) is 0 Å². The van der Waals surface area contributed by atoms with Gasteiger partial charge in [-0.2, -0.15) is 0 Å². The zero-order valence-electron chi connectivity index (χ0n) is 7.95. The predicted molar refractivity (Wildman–Crippen MR) is 47.2 cm³/mol. The van der Waals surface area contributed by atoms with Gasteiger partial charge in [0.15, 0.2) is 0 Å². The molecule has 1 heterocycles. The van der Waals surface area contributed by atoms with Crippen molar-refractivity contribution in [3.8, 4) is 0 Å². The third-order valence-electron chi connectivity index (χ3n) is 2.88. The fourth-order valence-corrected chi connectivity index (χ4v) is 2.16. The van der Waals surface area contributed by atoms with Crippen LogP contribution in [0.4, 0.5) is 4.79 Å². The van der Waals surface area contributed by atoms with Crippen LogP contribution in [0.2, 0.25) is 0 Å². The standard InChI is InChI=1S/C9H12N2O3/c1-5-2-3-6(4-5)11-8(13)7(12)10-9(11)14/h5-6H,2-4H2,1H3,(H,10,12,14). The van der Waals surface area contributed by atoms with Crippen LogP contribution in [0, 0.1) is 5.92 Å². The molecular formula is C9H12N2O3. The lowest BCUT2D eigenvalue weighted by molar-refractivity contribution is -0.141. The third kappa shape index (κ3) is 1.29. The van der Waals surface area contributed by atoms with Gasteiger partial charge >= 0.3 is 17.8 Å². The van der Waals surface area contributed by atoms with Crippen molar-refractivity contribution in [3.05, 3.63) is 0 Å². The lowest BCUT2D eigenvalue weighted by Gasteiger charge is -2.19. The summed E-state index contributed by atoms with van der Waals surface area (Å²) in [5.74, 6) is -0.972. The van der Waals surface area contributed by atoms with Crippen LogP contribution in [0.1, 0.15) is 26.2 Å². The van der Waals surface area contributed by atoms with Crippen LogP contribution in [0.3, 0.4) is 0 Å². The van der Waals surface area contributed by atoms with E-state index in [1.807, 2.05) is 5.32 Å². The summed E-state index contributed by atoms with van der Waals surface area (Å²) >= 11 is 0. The molecule has 2 aliphatic rings. The van der Waals surface area contributed by atoms with Gasteiger partial charge in [-0.15, -0.1) is 0 Å². The Morgan fingerprint density at radius 1 is 1.29 bits per heavy atom. The molecule has 2 unspecified atom stereocenters. The SMILES string of the molecule is CC1CCC(N2C(=O)NC(=O)C2=O)C1. The van der Waals surface area contributed by atoms with Crippen molar-refractivity contribution in [2.75, 3.05) is 0 Å². The van der Waals surface area contributed by atoms with E-state index in [9.17, 15) is 14.4 Å². The molecule has 76 valence electrons. The van der Waals surface area contributed by atoms with Gasteiger partial charge in [-0.3, -0.25) is 19.8 Å². The number of urea groups is 1. The van der Waals surface area contributed by atoms with E-state index in [1.165, 1.54) is 0 Å². The van der Waals surface area contributed by atoms with Crippen LogP contribution >= 0.6 is 0 Å². The van der Waals surface area contributed by atoms with Crippen LogP contribution in [0.25, 0.3) is 0 Å². The van der Waals surface area contributed by atoms with E-state index in [0.717, 1.165) is 24.2 Å². The second kappa shape index (κ2) is 3.08. The maximum absolute atomic E-state index is 11.3. The number of rotatable bonds is 1. The summed E-state index contributed by atoms with van der Waals surface area (Å²) < 4.78 is 0. The first kappa shape index (κ1) is 9.18. The van der Waals surface area contributed by atoms with Crippen molar-refractivity contribution in [3.63, 3.8) is 0 Å². The summed E-state index contributed by atoms with van der Waals surface area (Å²) in [6, 6.07) is -0.636. The van der Waals surface area contributed by atoms with Crippen molar-refractivity contribution in [1.82, 2.24) is 10.2 Å². The molecule has 2 fully saturated rings. The summed E-state index contributed by atoms with van der Waals surface area (Å²) in [7, 11) is 0. The lowest BCUT2D eigenvalue weighted by Crippen LogP contribution is -2.39. The molecule has 0 spiro atoms. The first-order chi connectivity index (χ1) is 6.59. The fraction of sp³-hybridized carbons (Fsp3) is 0.667. The van der Waals surface area contributed by atoms with Crippen LogP contribution < -0.4 is 5.32 Å². The highest BCUT2D eigenvalue weighted by atomic mass is 16.2. The zero-order valence-corrected chi connectivity index (χ0v) is 7.95. The van der Waals surface area contributed by atoms with Gasteiger partial charge in [-0.05, 0) is 25.2 Å². The van der Waals surface area contributed by atoms with Gasteiger partial charge in [0.25, 0.3) is 0 Å². The molecule has 0 aromatic heterocycles. The van der Waals surface area contributed by atoms with E-state index < -0.39 is 17.8 Å². The summed E-state index contributed by atoms with van der Waals surface area (Å²) in [6.45, 7) is 2.08. The van der Waals surface area contributed by atoms with Gasteiger partial charge < -0.3 is 0 Å². The quantitative estimate of drug-likeness (QED) is 0.483. The largest absolute Gasteiger partial charge is 0.331 e. The molecule has 0 bridgehead atoms. The highest BCUT2D eigenvalue weighted by Gasteiger charge is 2.43. The molecular weight excluding hydrogens is 184 g/mol. The van der Waals surface area contributed by atoms with E-state index in [0.29, 0.717) is 5.92 Å². The molecule has 2 atom stereocenters. The number of hydrogen-bond donors (Lipinski definition) is 1. The van der Waals surface area contributed by atoms with Crippen LogP contribution in [0.5, 0.6) is 0 Å². The molecule has 14 heavy (non-hydrogen) atoms. The number of imide groups is 2. The smallest absolute Gasteiger partial charge is 0.269 e. The molecule has 4 amide bonds. The Kier molecular flexibility index (Phi) is 2.02. The third-order valence-corrected chi connectivity index (χ3v) is 2.88. The molecule has 0 aromatic carbocycles. The van der Waals surface area contributed by atoms with Gasteiger partial charge in [0.1, 0.15) is 0 Å². The minimum Gasteiger partial charge on any atom is -0.269 e. The molecule has 5 nitrogen and oxygen atoms in total. The number of carbonyl (C=O) groups is 3. The average molecular weight is 196 g/mol. The monoisotopic (exact) mass is 196 g/mol. The van der Waals surface area contributed by atoms with E-state index in [1.54, 1.807) is 0 Å². The zero-order chi connectivity index (χ0) is 10.3. The van der Waals surface area contributed by atoms with Gasteiger partial charge in [0, 0.05) is 6.04 Å². The number of nitrogens with one attached hydrogen (secondary N) is 1. The maximum atomic E-state index is 11.3. The Balaban J connectivity index is 2.14. The van der Waals surface area contributed by atoms with E-state index in [-0.39, 0.29) is 6.04 Å². The molecule has 1 saturated heterocycles. The van der Waals surface area contributed by atoms with Gasteiger partial charge in [-0.25, -0.2) is 4.79 Å². The first-order valence-electron chi connectivity index (χ1n) is 4.78. The Hall–Kier alpha value is -1.39. The van der Waals surface area contributed by atoms with Gasteiger partial charge in [0.2, 0.25) is 0 Å². The van der Waals surface area contributed by atoms with E-state index in [2.05, 4.69) is 6.92 Å². The van der Waals surface area contributed by atoms with Crippen molar-refractivity contribution in [1.29, 1.82) is 0 Å². The Morgan fingerprint density at radius 3 is 2.43 bits per heavy atom.